The summed E-state index contributed by atoms with van der Waals surface area (Å²) in [5, 5.41) is 0. The van der Waals surface area contributed by atoms with Gasteiger partial charge in [-0.25, -0.2) is 13.1 Å². The molecule has 4 nitrogen and oxygen atoms in total. The van der Waals surface area contributed by atoms with Crippen molar-refractivity contribution in [3.63, 3.8) is 0 Å². The zero-order chi connectivity index (χ0) is 14.1. The second-order valence-corrected chi connectivity index (χ2v) is 6.41. The van der Waals surface area contributed by atoms with Crippen molar-refractivity contribution in [2.24, 2.45) is 0 Å². The Morgan fingerprint density at radius 3 is 2.63 bits per heavy atom. The normalized spacial score (nSPS) is 11.5. The number of para-hydroxylation sites is 1. The van der Waals surface area contributed by atoms with Gasteiger partial charge in [0, 0.05) is 6.54 Å². The third kappa shape index (κ3) is 6.07. The van der Waals surface area contributed by atoms with Gasteiger partial charge in [-0.1, -0.05) is 25.1 Å². The molecule has 1 aromatic carbocycles. The van der Waals surface area contributed by atoms with Gasteiger partial charge in [-0.3, -0.25) is 0 Å². The summed E-state index contributed by atoms with van der Waals surface area (Å²) in [5.41, 5.74) is 1.17. The summed E-state index contributed by atoms with van der Waals surface area (Å²) >= 11 is 0. The average Bonchev–Trinajstić information content (AvgIpc) is 2.38. The van der Waals surface area contributed by atoms with Crippen LogP contribution in [0.25, 0.3) is 0 Å². The van der Waals surface area contributed by atoms with Crippen molar-refractivity contribution < 1.29 is 13.2 Å². The van der Waals surface area contributed by atoms with Crippen LogP contribution >= 0.6 is 0 Å². The summed E-state index contributed by atoms with van der Waals surface area (Å²) in [6.07, 6.45) is 3.33. The fraction of sp³-hybridized carbons (Fsp3) is 0.571. The van der Waals surface area contributed by atoms with Crippen molar-refractivity contribution in [2.75, 3.05) is 19.4 Å². The molecule has 5 heteroatoms. The lowest BCUT2D eigenvalue weighted by Crippen LogP contribution is -2.27. The summed E-state index contributed by atoms with van der Waals surface area (Å²) in [4.78, 5) is 0. The summed E-state index contributed by atoms with van der Waals surface area (Å²) in [7, 11) is -1.40. The van der Waals surface area contributed by atoms with Crippen LogP contribution in [0.15, 0.2) is 24.3 Å². The fourth-order valence-corrected chi connectivity index (χ4v) is 3.06. The Hall–Kier alpha value is -1.07. The van der Waals surface area contributed by atoms with Gasteiger partial charge in [0.25, 0.3) is 0 Å². The Morgan fingerprint density at radius 1 is 1.21 bits per heavy atom. The monoisotopic (exact) mass is 285 g/mol. The van der Waals surface area contributed by atoms with Crippen LogP contribution in [-0.2, 0) is 16.4 Å². The molecule has 0 aliphatic rings. The van der Waals surface area contributed by atoms with E-state index in [1.54, 1.807) is 7.11 Å². The minimum atomic E-state index is -3.06. The van der Waals surface area contributed by atoms with Crippen molar-refractivity contribution in [1.29, 1.82) is 0 Å². The highest BCUT2D eigenvalue weighted by atomic mass is 32.2. The third-order valence-electron chi connectivity index (χ3n) is 2.86. The molecule has 0 radical (unpaired) electrons. The first-order chi connectivity index (χ1) is 9.09. The molecular weight excluding hydrogens is 262 g/mol. The van der Waals surface area contributed by atoms with Crippen molar-refractivity contribution in [1.82, 2.24) is 4.72 Å². The van der Waals surface area contributed by atoms with E-state index in [2.05, 4.69) is 4.72 Å². The van der Waals surface area contributed by atoms with Gasteiger partial charge in [-0.2, -0.15) is 0 Å². The average molecular weight is 285 g/mol. The first-order valence-corrected chi connectivity index (χ1v) is 8.33. The van der Waals surface area contributed by atoms with Gasteiger partial charge in [-0.15, -0.1) is 0 Å². The maximum Gasteiger partial charge on any atom is 0.211 e. The van der Waals surface area contributed by atoms with Crippen molar-refractivity contribution in [3.8, 4) is 5.75 Å². The highest BCUT2D eigenvalue weighted by molar-refractivity contribution is 7.89. The third-order valence-corrected chi connectivity index (χ3v) is 4.45. The minimum absolute atomic E-state index is 0.208. The number of nitrogens with one attached hydrogen (secondary N) is 1. The van der Waals surface area contributed by atoms with E-state index in [0.717, 1.165) is 25.0 Å². The summed E-state index contributed by atoms with van der Waals surface area (Å²) < 4.78 is 30.8. The van der Waals surface area contributed by atoms with Crippen LogP contribution in [0.5, 0.6) is 5.75 Å². The molecule has 1 aromatic rings. The highest BCUT2D eigenvalue weighted by Crippen LogP contribution is 2.19. The van der Waals surface area contributed by atoms with E-state index in [4.69, 9.17) is 4.74 Å². The van der Waals surface area contributed by atoms with Gasteiger partial charge < -0.3 is 4.74 Å². The largest absolute Gasteiger partial charge is 0.496 e. The van der Waals surface area contributed by atoms with Crippen LogP contribution < -0.4 is 9.46 Å². The minimum Gasteiger partial charge on any atom is -0.496 e. The molecule has 1 N–H and O–H groups in total. The first-order valence-electron chi connectivity index (χ1n) is 6.68. The second-order valence-electron chi connectivity index (χ2n) is 4.48. The quantitative estimate of drug-likeness (QED) is 0.709. The van der Waals surface area contributed by atoms with E-state index in [1.807, 2.05) is 31.2 Å². The van der Waals surface area contributed by atoms with Crippen LogP contribution in [0, 0.1) is 0 Å². The number of hydrogen-bond acceptors (Lipinski definition) is 3. The molecule has 0 atom stereocenters. The van der Waals surface area contributed by atoms with E-state index in [0.29, 0.717) is 13.0 Å². The van der Waals surface area contributed by atoms with Crippen molar-refractivity contribution in [2.45, 2.75) is 32.6 Å². The van der Waals surface area contributed by atoms with Gasteiger partial charge in [0.1, 0.15) is 5.75 Å². The molecule has 1 rings (SSSR count). The number of rotatable bonds is 9. The lowest BCUT2D eigenvalue weighted by atomic mass is 10.1. The molecule has 0 bridgehead atoms. The molecule has 0 heterocycles. The Kier molecular flexibility index (Phi) is 6.87. The molecule has 0 aromatic heterocycles. The number of ether oxygens (including phenoxy) is 1. The van der Waals surface area contributed by atoms with Gasteiger partial charge in [0.15, 0.2) is 0 Å². The molecule has 0 fully saturated rings. The van der Waals surface area contributed by atoms with E-state index >= 15 is 0 Å². The van der Waals surface area contributed by atoms with Crippen LogP contribution in [0.4, 0.5) is 0 Å². The van der Waals surface area contributed by atoms with E-state index in [-0.39, 0.29) is 5.75 Å². The fourth-order valence-electron chi connectivity index (χ4n) is 1.92. The Morgan fingerprint density at radius 2 is 1.95 bits per heavy atom. The van der Waals surface area contributed by atoms with Crippen molar-refractivity contribution in [3.05, 3.63) is 29.8 Å². The lowest BCUT2D eigenvalue weighted by Gasteiger charge is -2.08. The predicted octanol–water partition coefficient (Wildman–Crippen LogP) is 2.35. The molecule has 0 unspecified atom stereocenters. The van der Waals surface area contributed by atoms with Crippen LogP contribution in [0.3, 0.4) is 0 Å². The SMILES string of the molecule is CCCS(=O)(=O)NCCCCc1ccccc1OC. The molecule has 0 saturated carbocycles. The Bertz CT molecular complexity index is 471. The molecule has 19 heavy (non-hydrogen) atoms. The second kappa shape index (κ2) is 8.17. The maximum absolute atomic E-state index is 11.4. The predicted molar refractivity (Wildman–Crippen MR) is 78.0 cm³/mol. The van der Waals surface area contributed by atoms with Crippen LogP contribution in [0.2, 0.25) is 0 Å². The van der Waals surface area contributed by atoms with Gasteiger partial charge >= 0.3 is 0 Å². The first kappa shape index (κ1) is 16.0. The zero-order valence-corrected chi connectivity index (χ0v) is 12.5. The number of aryl methyl sites for hydroxylation is 1. The number of benzene rings is 1. The lowest BCUT2D eigenvalue weighted by molar-refractivity contribution is 0.409. The van der Waals surface area contributed by atoms with E-state index < -0.39 is 10.0 Å². The Balaban J connectivity index is 2.28. The number of unbranched alkanes of at least 4 members (excludes halogenated alkanes) is 1. The Labute approximate surface area is 116 Å². The summed E-state index contributed by atoms with van der Waals surface area (Å²) in [6, 6.07) is 7.92. The topological polar surface area (TPSA) is 55.4 Å². The van der Waals surface area contributed by atoms with Crippen LogP contribution in [0.1, 0.15) is 31.7 Å². The van der Waals surface area contributed by atoms with Gasteiger partial charge in [0.05, 0.1) is 12.9 Å². The number of sulfonamides is 1. The van der Waals surface area contributed by atoms with E-state index in [9.17, 15) is 8.42 Å². The summed E-state index contributed by atoms with van der Waals surface area (Å²) in [6.45, 7) is 2.37. The number of methoxy groups -OCH3 is 1. The molecule has 0 amide bonds. The molecule has 0 saturated heterocycles. The smallest absolute Gasteiger partial charge is 0.211 e. The van der Waals surface area contributed by atoms with E-state index in [1.165, 1.54) is 5.56 Å². The molecule has 0 aliphatic carbocycles. The van der Waals surface area contributed by atoms with Crippen LogP contribution in [-0.4, -0.2) is 27.8 Å². The zero-order valence-electron chi connectivity index (χ0n) is 11.7. The molecular formula is C14H23NO3S. The summed E-state index contributed by atoms with van der Waals surface area (Å²) in [5.74, 6) is 1.11. The maximum atomic E-state index is 11.4. The van der Waals surface area contributed by atoms with Crippen molar-refractivity contribution >= 4 is 10.0 Å². The standard InChI is InChI=1S/C14H23NO3S/c1-3-12-19(16,17)15-11-7-6-9-13-8-4-5-10-14(13)18-2/h4-5,8,10,15H,3,6-7,9,11-12H2,1-2H3. The molecule has 0 spiro atoms. The molecule has 0 aliphatic heterocycles. The van der Waals surface area contributed by atoms with Gasteiger partial charge in [0.2, 0.25) is 10.0 Å². The number of hydrogen-bond donors (Lipinski definition) is 1. The highest BCUT2D eigenvalue weighted by Gasteiger charge is 2.07. The molecule has 108 valence electrons. The van der Waals surface area contributed by atoms with Gasteiger partial charge in [-0.05, 0) is 37.3 Å².